The molecule has 1 saturated heterocycles. The highest BCUT2D eigenvalue weighted by Crippen LogP contribution is 2.31. The van der Waals surface area contributed by atoms with Gasteiger partial charge >= 0.3 is 11.7 Å². The van der Waals surface area contributed by atoms with E-state index in [2.05, 4.69) is 4.98 Å². The van der Waals surface area contributed by atoms with E-state index in [-0.39, 0.29) is 18.0 Å². The molecule has 1 fully saturated rings. The molecule has 1 aromatic heterocycles. The van der Waals surface area contributed by atoms with Crippen molar-refractivity contribution < 1.29 is 14.8 Å². The number of pyridine rings is 1. The van der Waals surface area contributed by atoms with Crippen molar-refractivity contribution in [3.63, 3.8) is 0 Å². The molecule has 1 aromatic rings. The lowest BCUT2D eigenvalue weighted by atomic mass is 10.1. The maximum absolute atomic E-state index is 11.0. The summed E-state index contributed by atoms with van der Waals surface area (Å²) in [5, 5.41) is 19.8. The van der Waals surface area contributed by atoms with Crippen LogP contribution in [0.1, 0.15) is 18.5 Å². The first kappa shape index (κ1) is 13.3. The molecule has 1 aliphatic heterocycles. The van der Waals surface area contributed by atoms with Crippen LogP contribution >= 0.6 is 0 Å². The topological polar surface area (TPSA) is 96.6 Å². The van der Waals surface area contributed by atoms with E-state index in [0.717, 1.165) is 6.42 Å². The first-order chi connectivity index (χ1) is 8.97. The Bertz CT molecular complexity index is 518. The zero-order valence-electron chi connectivity index (χ0n) is 10.6. The van der Waals surface area contributed by atoms with Crippen LogP contribution in [-0.4, -0.2) is 34.1 Å². The molecule has 1 aliphatic rings. The van der Waals surface area contributed by atoms with Gasteiger partial charge in [0.2, 0.25) is 5.82 Å². The summed E-state index contributed by atoms with van der Waals surface area (Å²) in [5.74, 6) is -0.462. The van der Waals surface area contributed by atoms with E-state index in [1.807, 2.05) is 0 Å². The third kappa shape index (κ3) is 2.98. The number of hydrogen-bond acceptors (Lipinski definition) is 5. The number of carboxylic acids is 1. The van der Waals surface area contributed by atoms with Gasteiger partial charge in [-0.15, -0.1) is 0 Å². The van der Waals surface area contributed by atoms with Gasteiger partial charge in [-0.25, -0.2) is 4.98 Å². The van der Waals surface area contributed by atoms with Crippen molar-refractivity contribution in [3.8, 4) is 0 Å². The van der Waals surface area contributed by atoms with Crippen molar-refractivity contribution in [2.45, 2.75) is 19.8 Å². The SMILES string of the molecule is Cc1ccc([N+](=O)[O-])c(N2CCC(CC(=O)O)C2)n1. The van der Waals surface area contributed by atoms with Gasteiger partial charge in [0.25, 0.3) is 0 Å². The molecule has 2 heterocycles. The normalized spacial score (nSPS) is 18.6. The Balaban J connectivity index is 2.21. The minimum Gasteiger partial charge on any atom is -0.481 e. The third-order valence-electron chi connectivity index (χ3n) is 3.24. The average molecular weight is 265 g/mol. The fraction of sp³-hybridized carbons (Fsp3) is 0.500. The summed E-state index contributed by atoms with van der Waals surface area (Å²) >= 11 is 0. The number of aromatic nitrogens is 1. The van der Waals surface area contributed by atoms with Crippen molar-refractivity contribution in [3.05, 3.63) is 27.9 Å². The number of carboxylic acid groups (broad SMARTS) is 1. The molecule has 0 radical (unpaired) electrons. The van der Waals surface area contributed by atoms with Crippen molar-refractivity contribution in [1.29, 1.82) is 0 Å². The molecule has 0 aliphatic carbocycles. The average Bonchev–Trinajstić information content (AvgIpc) is 2.75. The summed E-state index contributed by atoms with van der Waals surface area (Å²) in [5.41, 5.74) is 0.684. The Labute approximate surface area is 110 Å². The van der Waals surface area contributed by atoms with Crippen molar-refractivity contribution in [2.75, 3.05) is 18.0 Å². The van der Waals surface area contributed by atoms with Crippen molar-refractivity contribution in [1.82, 2.24) is 4.98 Å². The molecule has 7 nitrogen and oxygen atoms in total. The number of aliphatic carboxylic acids is 1. The van der Waals surface area contributed by atoms with Gasteiger partial charge < -0.3 is 10.0 Å². The number of rotatable bonds is 4. The smallest absolute Gasteiger partial charge is 0.311 e. The molecule has 1 unspecified atom stereocenters. The zero-order valence-corrected chi connectivity index (χ0v) is 10.6. The number of anilines is 1. The summed E-state index contributed by atoms with van der Waals surface area (Å²) in [6, 6.07) is 3.05. The Morgan fingerprint density at radius 1 is 1.63 bits per heavy atom. The van der Waals surface area contributed by atoms with Gasteiger partial charge in [0, 0.05) is 31.3 Å². The Kier molecular flexibility index (Phi) is 3.64. The maximum Gasteiger partial charge on any atom is 0.311 e. The highest BCUT2D eigenvalue weighted by atomic mass is 16.6. The maximum atomic E-state index is 11.0. The first-order valence-corrected chi connectivity index (χ1v) is 6.06. The van der Waals surface area contributed by atoms with E-state index in [1.165, 1.54) is 6.07 Å². The molecule has 7 heteroatoms. The summed E-state index contributed by atoms with van der Waals surface area (Å²) in [7, 11) is 0. The predicted molar refractivity (Wildman–Crippen MR) is 68.2 cm³/mol. The van der Waals surface area contributed by atoms with Gasteiger partial charge in [-0.1, -0.05) is 0 Å². The van der Waals surface area contributed by atoms with E-state index in [1.54, 1.807) is 17.9 Å². The zero-order chi connectivity index (χ0) is 14.0. The van der Waals surface area contributed by atoms with Crippen LogP contribution in [0.15, 0.2) is 12.1 Å². The van der Waals surface area contributed by atoms with E-state index in [9.17, 15) is 14.9 Å². The van der Waals surface area contributed by atoms with Crippen molar-refractivity contribution in [2.24, 2.45) is 5.92 Å². The van der Waals surface area contributed by atoms with Crippen LogP contribution in [0.4, 0.5) is 11.5 Å². The van der Waals surface area contributed by atoms with Crippen LogP contribution in [-0.2, 0) is 4.79 Å². The Hall–Kier alpha value is -2.18. The molecule has 1 N–H and O–H groups in total. The molecule has 19 heavy (non-hydrogen) atoms. The molecular weight excluding hydrogens is 250 g/mol. The van der Waals surface area contributed by atoms with Crippen LogP contribution in [0.2, 0.25) is 0 Å². The Morgan fingerprint density at radius 3 is 3.00 bits per heavy atom. The van der Waals surface area contributed by atoms with Gasteiger partial charge in [-0.05, 0) is 25.3 Å². The number of nitro groups is 1. The second-order valence-corrected chi connectivity index (χ2v) is 4.75. The first-order valence-electron chi connectivity index (χ1n) is 6.06. The number of aryl methyl sites for hydroxylation is 1. The summed E-state index contributed by atoms with van der Waals surface area (Å²) in [6.45, 7) is 2.89. The molecule has 102 valence electrons. The molecule has 0 aromatic carbocycles. The predicted octanol–water partition coefficient (Wildman–Crippen LogP) is 1.60. The van der Waals surface area contributed by atoms with Crippen LogP contribution in [0.3, 0.4) is 0 Å². The van der Waals surface area contributed by atoms with E-state index in [4.69, 9.17) is 5.11 Å². The summed E-state index contributed by atoms with van der Waals surface area (Å²) < 4.78 is 0. The van der Waals surface area contributed by atoms with Gasteiger partial charge in [0.05, 0.1) is 4.92 Å². The molecule has 0 amide bonds. The van der Waals surface area contributed by atoms with Crippen LogP contribution in [0, 0.1) is 23.0 Å². The number of nitrogens with zero attached hydrogens (tertiary/aromatic N) is 3. The number of carbonyl (C=O) groups is 1. The summed E-state index contributed by atoms with van der Waals surface area (Å²) in [6.07, 6.45) is 0.815. The lowest BCUT2D eigenvalue weighted by Gasteiger charge is -2.17. The van der Waals surface area contributed by atoms with Crippen LogP contribution in [0.5, 0.6) is 0 Å². The van der Waals surface area contributed by atoms with Crippen LogP contribution < -0.4 is 4.90 Å². The molecule has 0 bridgehead atoms. The fourth-order valence-electron chi connectivity index (χ4n) is 2.35. The van der Waals surface area contributed by atoms with E-state index in [0.29, 0.717) is 24.6 Å². The van der Waals surface area contributed by atoms with Gasteiger partial charge in [-0.3, -0.25) is 14.9 Å². The van der Waals surface area contributed by atoms with Crippen LogP contribution in [0.25, 0.3) is 0 Å². The van der Waals surface area contributed by atoms with Gasteiger partial charge in [0.1, 0.15) is 0 Å². The summed E-state index contributed by atoms with van der Waals surface area (Å²) in [4.78, 5) is 27.3. The molecule has 1 atom stereocenters. The lowest BCUT2D eigenvalue weighted by molar-refractivity contribution is -0.384. The minimum atomic E-state index is -0.835. The molecular formula is C12H15N3O4. The third-order valence-corrected chi connectivity index (χ3v) is 3.24. The molecule has 0 spiro atoms. The lowest BCUT2D eigenvalue weighted by Crippen LogP contribution is -2.22. The molecule has 0 saturated carbocycles. The highest BCUT2D eigenvalue weighted by molar-refractivity contribution is 5.67. The monoisotopic (exact) mass is 265 g/mol. The number of hydrogen-bond donors (Lipinski definition) is 1. The van der Waals surface area contributed by atoms with Gasteiger partial charge in [-0.2, -0.15) is 0 Å². The van der Waals surface area contributed by atoms with E-state index < -0.39 is 10.9 Å². The van der Waals surface area contributed by atoms with Crippen molar-refractivity contribution >= 4 is 17.5 Å². The van der Waals surface area contributed by atoms with Gasteiger partial charge in [0.15, 0.2) is 0 Å². The second kappa shape index (κ2) is 5.21. The fourth-order valence-corrected chi connectivity index (χ4v) is 2.35. The second-order valence-electron chi connectivity index (χ2n) is 4.75. The molecule has 2 rings (SSSR count). The largest absolute Gasteiger partial charge is 0.481 e. The standard InChI is InChI=1S/C12H15N3O4/c1-8-2-3-10(15(18)19)12(13-8)14-5-4-9(7-14)6-11(16)17/h2-3,9H,4-7H2,1H3,(H,16,17). The van der Waals surface area contributed by atoms with E-state index >= 15 is 0 Å². The quantitative estimate of drug-likeness (QED) is 0.656. The highest BCUT2D eigenvalue weighted by Gasteiger charge is 2.29. The minimum absolute atomic E-state index is 0.0263. The Morgan fingerprint density at radius 2 is 2.37 bits per heavy atom.